The van der Waals surface area contributed by atoms with Crippen LogP contribution < -0.4 is 10.6 Å². The monoisotopic (exact) mass is 239 g/mol. The molecule has 0 saturated carbocycles. The molecule has 91 valence electrons. The molecule has 0 spiro atoms. The van der Waals surface area contributed by atoms with Gasteiger partial charge in [0, 0.05) is 12.2 Å². The Kier molecular flexibility index (Phi) is 4.50. The van der Waals surface area contributed by atoms with Gasteiger partial charge in [-0.3, -0.25) is 4.79 Å². The van der Waals surface area contributed by atoms with E-state index in [-0.39, 0.29) is 5.91 Å². The van der Waals surface area contributed by atoms with E-state index >= 15 is 0 Å². The second kappa shape index (κ2) is 6.57. The highest BCUT2D eigenvalue weighted by molar-refractivity contribution is 5.92. The Labute approximate surface area is 107 Å². The van der Waals surface area contributed by atoms with Gasteiger partial charge in [0.25, 0.3) is 0 Å². The van der Waals surface area contributed by atoms with Crippen molar-refractivity contribution in [3.05, 3.63) is 66.2 Å². The summed E-state index contributed by atoms with van der Waals surface area (Å²) in [4.78, 5) is 11.6. The van der Waals surface area contributed by atoms with E-state index in [9.17, 15) is 4.79 Å². The Morgan fingerprint density at radius 1 is 1.06 bits per heavy atom. The average molecular weight is 239 g/mol. The molecular formula is C15H15N2O. The van der Waals surface area contributed by atoms with Gasteiger partial charge >= 0.3 is 0 Å². The van der Waals surface area contributed by atoms with Gasteiger partial charge < -0.3 is 10.6 Å². The first-order chi connectivity index (χ1) is 8.84. The van der Waals surface area contributed by atoms with E-state index in [4.69, 9.17) is 0 Å². The topological polar surface area (TPSA) is 41.1 Å². The van der Waals surface area contributed by atoms with E-state index in [1.165, 1.54) is 5.56 Å². The number of anilines is 1. The maximum atomic E-state index is 11.6. The minimum absolute atomic E-state index is 0.0443. The lowest BCUT2D eigenvalue weighted by atomic mass is 10.2. The molecule has 3 nitrogen and oxygen atoms in total. The van der Waals surface area contributed by atoms with Gasteiger partial charge in [-0.05, 0) is 23.8 Å². The molecule has 0 fully saturated rings. The quantitative estimate of drug-likeness (QED) is 0.840. The molecule has 3 heteroatoms. The Morgan fingerprint density at radius 3 is 2.50 bits per heavy atom. The van der Waals surface area contributed by atoms with E-state index in [2.05, 4.69) is 16.7 Å². The van der Waals surface area contributed by atoms with E-state index in [1.54, 1.807) is 12.1 Å². The third-order valence-corrected chi connectivity index (χ3v) is 2.46. The Bertz CT molecular complexity index is 482. The first-order valence-electron chi connectivity index (χ1n) is 5.85. The van der Waals surface area contributed by atoms with Crippen molar-refractivity contribution < 1.29 is 4.79 Å². The standard InChI is InChI=1S/C15H15N2O/c18-15(17-14-9-5-2-6-10-14)12-16-11-13-7-3-1-4-8-13/h1,3-10,16H,11-12H2,(H,17,18). The maximum absolute atomic E-state index is 11.6. The molecule has 2 rings (SSSR count). The van der Waals surface area contributed by atoms with Crippen LogP contribution in [0.1, 0.15) is 5.56 Å². The SMILES string of the molecule is O=C(CNCc1ccccc1)Nc1cc[c]cc1. The molecule has 1 amide bonds. The van der Waals surface area contributed by atoms with Gasteiger partial charge in [-0.1, -0.05) is 42.5 Å². The molecule has 0 unspecified atom stereocenters. The normalized spacial score (nSPS) is 10.0. The van der Waals surface area contributed by atoms with Crippen LogP contribution in [0.4, 0.5) is 5.69 Å². The van der Waals surface area contributed by atoms with Crippen molar-refractivity contribution in [2.75, 3.05) is 11.9 Å². The third-order valence-electron chi connectivity index (χ3n) is 2.46. The van der Waals surface area contributed by atoms with Gasteiger partial charge in [0.15, 0.2) is 0 Å². The zero-order chi connectivity index (χ0) is 12.6. The average Bonchev–Trinajstić information content (AvgIpc) is 2.41. The summed E-state index contributed by atoms with van der Waals surface area (Å²) in [6.45, 7) is 0.990. The molecule has 2 aromatic carbocycles. The fourth-order valence-electron chi connectivity index (χ4n) is 1.59. The predicted molar refractivity (Wildman–Crippen MR) is 72.1 cm³/mol. The van der Waals surface area contributed by atoms with Crippen LogP contribution in [-0.4, -0.2) is 12.5 Å². The first-order valence-corrected chi connectivity index (χ1v) is 5.85. The lowest BCUT2D eigenvalue weighted by molar-refractivity contribution is -0.115. The smallest absolute Gasteiger partial charge is 0.238 e. The van der Waals surface area contributed by atoms with Gasteiger partial charge in [-0.25, -0.2) is 0 Å². The molecule has 18 heavy (non-hydrogen) atoms. The van der Waals surface area contributed by atoms with Crippen molar-refractivity contribution in [1.82, 2.24) is 5.32 Å². The van der Waals surface area contributed by atoms with Crippen molar-refractivity contribution in [3.8, 4) is 0 Å². The Hall–Kier alpha value is -2.13. The minimum Gasteiger partial charge on any atom is -0.325 e. The van der Waals surface area contributed by atoms with Crippen molar-refractivity contribution in [1.29, 1.82) is 0 Å². The van der Waals surface area contributed by atoms with Gasteiger partial charge in [-0.15, -0.1) is 0 Å². The van der Waals surface area contributed by atoms with Crippen LogP contribution in [0.25, 0.3) is 0 Å². The fraction of sp³-hybridized carbons (Fsp3) is 0.133. The zero-order valence-corrected chi connectivity index (χ0v) is 10.0. The minimum atomic E-state index is -0.0443. The molecule has 0 aliphatic rings. The Morgan fingerprint density at radius 2 is 1.78 bits per heavy atom. The molecule has 0 heterocycles. The summed E-state index contributed by atoms with van der Waals surface area (Å²) in [5.41, 5.74) is 1.96. The van der Waals surface area contributed by atoms with Gasteiger partial charge in [0.05, 0.1) is 6.54 Å². The molecule has 0 aromatic heterocycles. The number of nitrogens with one attached hydrogen (secondary N) is 2. The van der Waals surface area contributed by atoms with Crippen LogP contribution in [0, 0.1) is 6.07 Å². The summed E-state index contributed by atoms with van der Waals surface area (Å²) in [6.07, 6.45) is 0. The van der Waals surface area contributed by atoms with Crippen LogP contribution in [0.3, 0.4) is 0 Å². The van der Waals surface area contributed by atoms with E-state index in [0.29, 0.717) is 13.1 Å². The largest absolute Gasteiger partial charge is 0.325 e. The van der Waals surface area contributed by atoms with E-state index in [0.717, 1.165) is 5.69 Å². The van der Waals surface area contributed by atoms with Crippen LogP contribution >= 0.6 is 0 Å². The summed E-state index contributed by atoms with van der Waals surface area (Å²) in [5.74, 6) is -0.0443. The van der Waals surface area contributed by atoms with Crippen LogP contribution in [0.2, 0.25) is 0 Å². The van der Waals surface area contributed by atoms with Crippen molar-refractivity contribution in [3.63, 3.8) is 0 Å². The number of rotatable bonds is 5. The van der Waals surface area contributed by atoms with E-state index in [1.807, 2.05) is 42.5 Å². The number of carbonyl (C=O) groups is 1. The molecule has 0 aliphatic carbocycles. The summed E-state index contributed by atoms with van der Waals surface area (Å²) < 4.78 is 0. The van der Waals surface area contributed by atoms with Gasteiger partial charge in [0.1, 0.15) is 0 Å². The van der Waals surface area contributed by atoms with Crippen LogP contribution in [-0.2, 0) is 11.3 Å². The third kappa shape index (κ3) is 4.03. The fourth-order valence-corrected chi connectivity index (χ4v) is 1.59. The summed E-state index contributed by atoms with van der Waals surface area (Å²) in [6, 6.07) is 20.1. The van der Waals surface area contributed by atoms with Crippen LogP contribution in [0.5, 0.6) is 0 Å². The summed E-state index contributed by atoms with van der Waals surface area (Å²) in [7, 11) is 0. The highest BCUT2D eigenvalue weighted by Crippen LogP contribution is 2.03. The lowest BCUT2D eigenvalue weighted by Crippen LogP contribution is -2.27. The Balaban J connectivity index is 1.73. The molecule has 0 saturated heterocycles. The van der Waals surface area contributed by atoms with Crippen molar-refractivity contribution in [2.45, 2.75) is 6.54 Å². The number of hydrogen-bond donors (Lipinski definition) is 2. The molecule has 0 aliphatic heterocycles. The molecule has 2 aromatic rings. The number of amides is 1. The number of carbonyl (C=O) groups excluding carboxylic acids is 1. The highest BCUT2D eigenvalue weighted by atomic mass is 16.1. The first kappa shape index (κ1) is 12.3. The highest BCUT2D eigenvalue weighted by Gasteiger charge is 2.00. The van der Waals surface area contributed by atoms with Crippen LogP contribution in [0.15, 0.2) is 54.6 Å². The van der Waals surface area contributed by atoms with Gasteiger partial charge in [-0.2, -0.15) is 0 Å². The lowest BCUT2D eigenvalue weighted by Gasteiger charge is -2.06. The van der Waals surface area contributed by atoms with E-state index < -0.39 is 0 Å². The molecule has 2 N–H and O–H groups in total. The number of hydrogen-bond acceptors (Lipinski definition) is 2. The summed E-state index contributed by atoms with van der Waals surface area (Å²) in [5, 5.41) is 5.91. The molecule has 0 bridgehead atoms. The van der Waals surface area contributed by atoms with Gasteiger partial charge in [0.2, 0.25) is 5.91 Å². The molecular weight excluding hydrogens is 224 g/mol. The zero-order valence-electron chi connectivity index (χ0n) is 10.0. The second-order valence-electron chi connectivity index (χ2n) is 3.93. The molecule has 0 atom stereocenters. The maximum Gasteiger partial charge on any atom is 0.238 e. The summed E-state index contributed by atoms with van der Waals surface area (Å²) >= 11 is 0. The molecule has 1 radical (unpaired) electrons. The van der Waals surface area contributed by atoms with Crippen molar-refractivity contribution >= 4 is 11.6 Å². The van der Waals surface area contributed by atoms with Crippen molar-refractivity contribution in [2.24, 2.45) is 0 Å². The predicted octanol–water partition coefficient (Wildman–Crippen LogP) is 2.22. The number of benzene rings is 2. The second-order valence-corrected chi connectivity index (χ2v) is 3.93.